The van der Waals surface area contributed by atoms with Crippen molar-refractivity contribution in [3.8, 4) is 0 Å². The second kappa shape index (κ2) is 5.53. The van der Waals surface area contributed by atoms with Crippen LogP contribution in [-0.4, -0.2) is 34.2 Å². The van der Waals surface area contributed by atoms with Gasteiger partial charge in [-0.3, -0.25) is 14.9 Å². The van der Waals surface area contributed by atoms with Gasteiger partial charge in [-0.05, 0) is 13.3 Å². The van der Waals surface area contributed by atoms with E-state index in [4.69, 9.17) is 10.2 Å². The van der Waals surface area contributed by atoms with Gasteiger partial charge in [0, 0.05) is 0 Å². The Hall–Kier alpha value is -1.10. The highest BCUT2D eigenvalue weighted by Crippen LogP contribution is 1.98. The van der Waals surface area contributed by atoms with E-state index in [1.807, 2.05) is 6.92 Å². The average molecular weight is 189 g/mol. The zero-order chi connectivity index (χ0) is 10.4. The molecular formula is C8H15NO4. The fraction of sp³-hybridized carbons (Fsp3) is 0.750. The Balaban J connectivity index is 4.09. The Kier molecular flexibility index (Phi) is 5.06. The van der Waals surface area contributed by atoms with E-state index in [2.05, 4.69) is 5.32 Å². The molecule has 0 heterocycles. The van der Waals surface area contributed by atoms with Gasteiger partial charge < -0.3 is 10.2 Å². The molecule has 0 aromatic heterocycles. The molecule has 0 aliphatic carbocycles. The fourth-order valence-corrected chi connectivity index (χ4v) is 0.940. The topological polar surface area (TPSA) is 86.6 Å². The normalized spacial score (nSPS) is 14.9. The Morgan fingerprint density at radius 1 is 1.31 bits per heavy atom. The molecule has 2 atom stereocenters. The highest BCUT2D eigenvalue weighted by molar-refractivity contribution is 5.77. The lowest BCUT2D eigenvalue weighted by Gasteiger charge is -2.16. The first-order valence-electron chi connectivity index (χ1n) is 4.20. The van der Waals surface area contributed by atoms with E-state index in [0.717, 1.165) is 0 Å². The highest BCUT2D eigenvalue weighted by Gasteiger charge is 2.21. The van der Waals surface area contributed by atoms with Crippen LogP contribution in [0.3, 0.4) is 0 Å². The molecule has 0 fully saturated rings. The van der Waals surface area contributed by atoms with Gasteiger partial charge in [0.25, 0.3) is 0 Å². The van der Waals surface area contributed by atoms with E-state index >= 15 is 0 Å². The summed E-state index contributed by atoms with van der Waals surface area (Å²) in [6, 6.07) is -1.59. The van der Waals surface area contributed by atoms with Crippen molar-refractivity contribution in [2.24, 2.45) is 0 Å². The van der Waals surface area contributed by atoms with Crippen LogP contribution in [-0.2, 0) is 9.59 Å². The number of hydrogen-bond acceptors (Lipinski definition) is 3. The number of rotatable bonds is 6. The summed E-state index contributed by atoms with van der Waals surface area (Å²) in [4.78, 5) is 21.0. The van der Waals surface area contributed by atoms with Crippen LogP contribution in [0.2, 0.25) is 0 Å². The summed E-state index contributed by atoms with van der Waals surface area (Å²) in [6.07, 6.45) is 1.14. The van der Waals surface area contributed by atoms with Crippen molar-refractivity contribution < 1.29 is 19.8 Å². The molecule has 0 aliphatic heterocycles. The monoisotopic (exact) mass is 189 g/mol. The van der Waals surface area contributed by atoms with E-state index in [-0.39, 0.29) is 0 Å². The summed E-state index contributed by atoms with van der Waals surface area (Å²) in [5.41, 5.74) is 0. The lowest BCUT2D eigenvalue weighted by Crippen LogP contribution is -2.45. The van der Waals surface area contributed by atoms with Gasteiger partial charge in [-0.1, -0.05) is 13.3 Å². The standard InChI is InChI=1S/C8H15NO4/c1-3-4-6(8(12)13)9-5(2)7(10)11/h5-6,9H,3-4H2,1-2H3,(H,10,11)(H,12,13)/t5-,6-/m1/s1. The summed E-state index contributed by atoms with van der Waals surface area (Å²) < 4.78 is 0. The second-order valence-corrected chi connectivity index (χ2v) is 2.91. The van der Waals surface area contributed by atoms with Crippen LogP contribution in [0.5, 0.6) is 0 Å². The number of carbonyl (C=O) groups is 2. The van der Waals surface area contributed by atoms with Crippen LogP contribution in [0.1, 0.15) is 26.7 Å². The SMILES string of the molecule is CCC[C@@H](N[C@H](C)C(=O)O)C(=O)O. The minimum atomic E-state index is -1.04. The van der Waals surface area contributed by atoms with Crippen LogP contribution in [0, 0.1) is 0 Å². The average Bonchev–Trinajstić information content (AvgIpc) is 2.03. The Morgan fingerprint density at radius 2 is 1.85 bits per heavy atom. The minimum absolute atomic E-state index is 0.437. The predicted molar refractivity (Wildman–Crippen MR) is 46.6 cm³/mol. The molecule has 0 rings (SSSR count). The van der Waals surface area contributed by atoms with E-state index in [1.54, 1.807) is 0 Å². The molecule has 3 N–H and O–H groups in total. The number of aliphatic carboxylic acids is 2. The van der Waals surface area contributed by atoms with Crippen molar-refractivity contribution in [2.75, 3.05) is 0 Å². The van der Waals surface area contributed by atoms with Crippen molar-refractivity contribution in [2.45, 2.75) is 38.8 Å². The molecule has 5 nitrogen and oxygen atoms in total. The molecule has 0 unspecified atom stereocenters. The third-order valence-electron chi connectivity index (χ3n) is 1.70. The second-order valence-electron chi connectivity index (χ2n) is 2.91. The van der Waals surface area contributed by atoms with Gasteiger partial charge in [-0.2, -0.15) is 0 Å². The summed E-state index contributed by atoms with van der Waals surface area (Å²) in [5.74, 6) is -2.04. The van der Waals surface area contributed by atoms with Gasteiger partial charge in [-0.25, -0.2) is 0 Å². The predicted octanol–water partition coefficient (Wildman–Crippen LogP) is 0.302. The molecule has 0 bridgehead atoms. The number of hydrogen-bond donors (Lipinski definition) is 3. The van der Waals surface area contributed by atoms with Crippen LogP contribution >= 0.6 is 0 Å². The summed E-state index contributed by atoms with van der Waals surface area (Å²) >= 11 is 0. The first-order valence-corrected chi connectivity index (χ1v) is 4.20. The van der Waals surface area contributed by atoms with Crippen LogP contribution in [0.25, 0.3) is 0 Å². The molecule has 0 aromatic rings. The maximum absolute atomic E-state index is 10.6. The van der Waals surface area contributed by atoms with Crippen molar-refractivity contribution in [1.29, 1.82) is 0 Å². The number of nitrogens with one attached hydrogen (secondary N) is 1. The van der Waals surface area contributed by atoms with Gasteiger partial charge in [0.1, 0.15) is 12.1 Å². The van der Waals surface area contributed by atoms with Crippen LogP contribution < -0.4 is 5.32 Å². The Morgan fingerprint density at radius 3 is 2.15 bits per heavy atom. The zero-order valence-corrected chi connectivity index (χ0v) is 7.78. The maximum Gasteiger partial charge on any atom is 0.320 e. The van der Waals surface area contributed by atoms with Crippen molar-refractivity contribution in [3.05, 3.63) is 0 Å². The molecule has 13 heavy (non-hydrogen) atoms. The minimum Gasteiger partial charge on any atom is -0.480 e. The largest absolute Gasteiger partial charge is 0.480 e. The first kappa shape index (κ1) is 11.9. The smallest absolute Gasteiger partial charge is 0.320 e. The first-order chi connectivity index (χ1) is 5.99. The Labute approximate surface area is 76.8 Å². The lowest BCUT2D eigenvalue weighted by molar-refractivity contribution is -0.142. The fourth-order valence-electron chi connectivity index (χ4n) is 0.940. The molecule has 0 saturated carbocycles. The number of carboxylic acid groups (broad SMARTS) is 2. The van der Waals surface area contributed by atoms with Crippen molar-refractivity contribution in [3.63, 3.8) is 0 Å². The van der Waals surface area contributed by atoms with Gasteiger partial charge in [0.05, 0.1) is 0 Å². The summed E-state index contributed by atoms with van der Waals surface area (Å²) in [5, 5.41) is 19.7. The molecule has 0 amide bonds. The van der Waals surface area contributed by atoms with Crippen LogP contribution in [0.4, 0.5) is 0 Å². The van der Waals surface area contributed by atoms with Crippen LogP contribution in [0.15, 0.2) is 0 Å². The molecule has 76 valence electrons. The summed E-state index contributed by atoms with van der Waals surface area (Å²) in [7, 11) is 0. The van der Waals surface area contributed by atoms with Gasteiger partial charge in [-0.15, -0.1) is 0 Å². The van der Waals surface area contributed by atoms with Gasteiger partial charge in [0.2, 0.25) is 0 Å². The molecular weight excluding hydrogens is 174 g/mol. The lowest BCUT2D eigenvalue weighted by atomic mass is 10.1. The van der Waals surface area contributed by atoms with E-state index in [0.29, 0.717) is 12.8 Å². The maximum atomic E-state index is 10.6. The molecule has 5 heteroatoms. The summed E-state index contributed by atoms with van der Waals surface area (Å²) in [6.45, 7) is 3.27. The Bertz CT molecular complexity index is 193. The van der Waals surface area contributed by atoms with E-state index < -0.39 is 24.0 Å². The van der Waals surface area contributed by atoms with Crippen molar-refractivity contribution >= 4 is 11.9 Å². The molecule has 0 aromatic carbocycles. The third kappa shape index (κ3) is 4.47. The van der Waals surface area contributed by atoms with Gasteiger partial charge in [0.15, 0.2) is 0 Å². The van der Waals surface area contributed by atoms with E-state index in [9.17, 15) is 9.59 Å². The highest BCUT2D eigenvalue weighted by atomic mass is 16.4. The quantitative estimate of drug-likeness (QED) is 0.559. The van der Waals surface area contributed by atoms with Gasteiger partial charge >= 0.3 is 11.9 Å². The molecule has 0 radical (unpaired) electrons. The van der Waals surface area contributed by atoms with Crippen molar-refractivity contribution in [1.82, 2.24) is 5.32 Å². The van der Waals surface area contributed by atoms with E-state index in [1.165, 1.54) is 6.92 Å². The molecule has 0 spiro atoms. The molecule has 0 saturated heterocycles. The zero-order valence-electron chi connectivity index (χ0n) is 7.78. The number of carboxylic acids is 2. The third-order valence-corrected chi connectivity index (χ3v) is 1.70. The molecule has 0 aliphatic rings.